The number of methoxy groups -OCH3 is 1. The average Bonchev–Trinajstić information content (AvgIpc) is 2.26. The molecule has 0 heterocycles. The quantitative estimate of drug-likeness (QED) is 0.487. The summed E-state index contributed by atoms with van der Waals surface area (Å²) in [5.41, 5.74) is 0.844. The topological polar surface area (TPSA) is 35.5 Å². The highest BCUT2D eigenvalue weighted by molar-refractivity contribution is 14.1. The second kappa shape index (κ2) is 5.64. The van der Waals surface area contributed by atoms with Crippen molar-refractivity contribution < 1.29 is 12.6 Å². The number of aldehydes is 1. The molecule has 1 aromatic rings. The lowest BCUT2D eigenvalue weighted by Gasteiger charge is -2.05. The van der Waals surface area contributed by atoms with E-state index in [1.807, 2.05) is 6.07 Å². The van der Waals surface area contributed by atoms with Gasteiger partial charge in [0.05, 0.1) is 7.11 Å². The molecule has 1 rings (SSSR count). The normalized spacial score (nSPS) is 10.1. The van der Waals surface area contributed by atoms with Gasteiger partial charge in [-0.05, 0) is 24.3 Å². The van der Waals surface area contributed by atoms with Gasteiger partial charge in [-0.2, -0.15) is 0 Å². The molecule has 4 heteroatoms. The van der Waals surface area contributed by atoms with Gasteiger partial charge in [-0.25, -0.2) is 0 Å². The lowest BCUT2D eigenvalue weighted by atomic mass is 10.2. The highest BCUT2D eigenvalue weighted by Crippen LogP contribution is 2.26. The van der Waals surface area contributed by atoms with Crippen LogP contribution in [-0.4, -0.2) is 13.4 Å². The highest BCUT2D eigenvalue weighted by atomic mass is 127. The van der Waals surface area contributed by atoms with Gasteiger partial charge in [-0.15, -0.1) is 0 Å². The molecule has 1 aromatic carbocycles. The molecule has 74 valence electrons. The van der Waals surface area contributed by atoms with Crippen molar-refractivity contribution in [2.24, 2.45) is 0 Å². The van der Waals surface area contributed by atoms with E-state index in [0.29, 0.717) is 11.5 Å². The zero-order valence-corrected chi connectivity index (χ0v) is 9.72. The van der Waals surface area contributed by atoms with E-state index in [-0.39, 0.29) is 0 Å². The van der Waals surface area contributed by atoms with Gasteiger partial charge >= 0.3 is 0 Å². The molecule has 0 spiro atoms. The first-order valence-corrected chi connectivity index (χ1v) is 4.78. The van der Waals surface area contributed by atoms with Gasteiger partial charge in [0, 0.05) is 11.6 Å². The molecule has 0 amide bonds. The predicted molar refractivity (Wildman–Crippen MR) is 62.7 cm³/mol. The summed E-state index contributed by atoms with van der Waals surface area (Å²) in [7, 11) is 1.57. The summed E-state index contributed by atoms with van der Waals surface area (Å²) >= 11 is 1.80. The van der Waals surface area contributed by atoms with E-state index in [0.717, 1.165) is 11.8 Å². The number of benzene rings is 1. The van der Waals surface area contributed by atoms with Crippen molar-refractivity contribution in [3.8, 4) is 11.5 Å². The van der Waals surface area contributed by atoms with Crippen LogP contribution in [0.3, 0.4) is 0 Å². The van der Waals surface area contributed by atoms with E-state index in [4.69, 9.17) is 7.80 Å². The third-order valence-electron chi connectivity index (χ3n) is 1.65. The number of carbonyl (C=O) groups excluding carboxylic acids is 1. The Bertz CT molecular complexity index is 347. The van der Waals surface area contributed by atoms with Crippen LogP contribution in [0.15, 0.2) is 24.3 Å². The number of carbonyl (C=O) groups is 1. The van der Waals surface area contributed by atoms with E-state index < -0.39 is 0 Å². The first kappa shape index (κ1) is 11.0. The Morgan fingerprint density at radius 3 is 2.79 bits per heavy atom. The van der Waals surface area contributed by atoms with Crippen LogP contribution in [-0.2, 0) is 4.79 Å². The van der Waals surface area contributed by atoms with Crippen molar-refractivity contribution in [3.63, 3.8) is 0 Å². The van der Waals surface area contributed by atoms with E-state index in [9.17, 15) is 4.79 Å². The first-order chi connectivity index (χ1) is 6.81. The smallest absolute Gasteiger partial charge is 0.192 e. The largest absolute Gasteiger partial charge is 0.496 e. The fourth-order valence-electron chi connectivity index (χ4n) is 1.02. The van der Waals surface area contributed by atoms with Crippen molar-refractivity contribution in [2.75, 3.05) is 7.11 Å². The Hall–Kier alpha value is -1.04. The first-order valence-electron chi connectivity index (χ1n) is 3.90. The molecule has 0 atom stereocenters. The molecular weight excluding hydrogens is 295 g/mol. The molecule has 0 N–H and O–H groups in total. The monoisotopic (exact) mass is 304 g/mol. The summed E-state index contributed by atoms with van der Waals surface area (Å²) in [5.74, 6) is 1.39. The second-order valence-electron chi connectivity index (χ2n) is 2.48. The van der Waals surface area contributed by atoms with Crippen molar-refractivity contribution in [3.05, 3.63) is 29.8 Å². The third kappa shape index (κ3) is 2.73. The number of halogens is 1. The van der Waals surface area contributed by atoms with Crippen molar-refractivity contribution in [1.82, 2.24) is 0 Å². The van der Waals surface area contributed by atoms with Gasteiger partial charge in [-0.1, -0.05) is 0 Å². The summed E-state index contributed by atoms with van der Waals surface area (Å²) < 4.78 is 10.1. The molecule has 0 aliphatic carbocycles. The van der Waals surface area contributed by atoms with E-state index in [1.54, 1.807) is 48.3 Å². The fraction of sp³-hybridized carbons (Fsp3) is 0.100. The number of ether oxygens (including phenoxy) is 1. The molecule has 0 bridgehead atoms. The van der Waals surface area contributed by atoms with Crippen LogP contribution >= 0.6 is 23.0 Å². The Balaban J connectivity index is 3.04. The second-order valence-corrected chi connectivity index (χ2v) is 2.92. The molecule has 14 heavy (non-hydrogen) atoms. The summed E-state index contributed by atoms with van der Waals surface area (Å²) in [6.45, 7) is 0. The standard InChI is InChI=1S/C10H9IO3/c1-13-10-7-9(14-11)5-4-8(10)3-2-6-12/h2-7H,1H3/b3-2-. The SMILES string of the molecule is COc1cc(OI)ccc1/C=C\C=O. The molecule has 0 saturated carbocycles. The molecule has 0 aromatic heterocycles. The van der Waals surface area contributed by atoms with E-state index >= 15 is 0 Å². The summed E-state index contributed by atoms with van der Waals surface area (Å²) in [5, 5.41) is 0. The van der Waals surface area contributed by atoms with E-state index in [1.165, 1.54) is 6.08 Å². The maximum Gasteiger partial charge on any atom is 0.192 e. The van der Waals surface area contributed by atoms with E-state index in [2.05, 4.69) is 0 Å². The molecule has 3 nitrogen and oxygen atoms in total. The van der Waals surface area contributed by atoms with Gasteiger partial charge in [0.1, 0.15) is 17.8 Å². The average molecular weight is 304 g/mol. The lowest BCUT2D eigenvalue weighted by Crippen LogP contribution is -1.87. The lowest BCUT2D eigenvalue weighted by molar-refractivity contribution is -0.104. The molecule has 0 radical (unpaired) electrons. The van der Waals surface area contributed by atoms with Gasteiger partial charge in [-0.3, -0.25) is 4.79 Å². The maximum absolute atomic E-state index is 10.1. The van der Waals surface area contributed by atoms with Crippen molar-refractivity contribution in [1.29, 1.82) is 0 Å². The third-order valence-corrected chi connectivity index (χ3v) is 2.16. The molecule has 0 fully saturated rings. The van der Waals surface area contributed by atoms with Crippen LogP contribution in [0.1, 0.15) is 5.56 Å². The Morgan fingerprint density at radius 2 is 2.21 bits per heavy atom. The summed E-state index contributed by atoms with van der Waals surface area (Å²) in [6, 6.07) is 5.39. The number of hydrogen-bond donors (Lipinski definition) is 0. The molecular formula is C10H9IO3. The molecule has 0 aliphatic rings. The molecule has 0 saturated heterocycles. The minimum atomic E-state index is 0.678. The number of hydrogen-bond acceptors (Lipinski definition) is 3. The Morgan fingerprint density at radius 1 is 1.43 bits per heavy atom. The number of allylic oxidation sites excluding steroid dienone is 1. The Kier molecular flexibility index (Phi) is 4.45. The zero-order chi connectivity index (χ0) is 10.4. The van der Waals surface area contributed by atoms with Gasteiger partial charge in [0.2, 0.25) is 0 Å². The van der Waals surface area contributed by atoms with Crippen LogP contribution in [0.2, 0.25) is 0 Å². The zero-order valence-electron chi connectivity index (χ0n) is 7.57. The summed E-state index contributed by atoms with van der Waals surface area (Å²) in [4.78, 5) is 10.1. The highest BCUT2D eigenvalue weighted by Gasteiger charge is 2.01. The van der Waals surface area contributed by atoms with Crippen molar-refractivity contribution >= 4 is 35.4 Å². The van der Waals surface area contributed by atoms with Gasteiger partial charge in [0.15, 0.2) is 23.0 Å². The molecule has 0 aliphatic heterocycles. The maximum atomic E-state index is 10.1. The van der Waals surface area contributed by atoms with Crippen LogP contribution in [0, 0.1) is 0 Å². The van der Waals surface area contributed by atoms with Crippen molar-refractivity contribution in [2.45, 2.75) is 0 Å². The summed E-state index contributed by atoms with van der Waals surface area (Å²) in [6.07, 6.45) is 3.83. The van der Waals surface area contributed by atoms with Gasteiger partial charge < -0.3 is 7.80 Å². The Labute approximate surface area is 96.4 Å². The predicted octanol–water partition coefficient (Wildman–Crippen LogP) is 2.64. The fourth-order valence-corrected chi connectivity index (χ4v) is 1.29. The minimum absolute atomic E-state index is 0.678. The molecule has 0 unspecified atom stereocenters. The van der Waals surface area contributed by atoms with Crippen LogP contribution < -0.4 is 7.80 Å². The van der Waals surface area contributed by atoms with Crippen LogP contribution in [0.5, 0.6) is 11.5 Å². The van der Waals surface area contributed by atoms with Crippen LogP contribution in [0.25, 0.3) is 6.08 Å². The minimum Gasteiger partial charge on any atom is -0.496 e. The van der Waals surface area contributed by atoms with Gasteiger partial charge in [0.25, 0.3) is 0 Å². The van der Waals surface area contributed by atoms with Crippen LogP contribution in [0.4, 0.5) is 0 Å². The number of rotatable bonds is 4.